The van der Waals surface area contributed by atoms with E-state index in [1.807, 2.05) is 14.0 Å². The van der Waals surface area contributed by atoms with Gasteiger partial charge in [0, 0.05) is 19.6 Å². The summed E-state index contributed by atoms with van der Waals surface area (Å²) in [6.07, 6.45) is 3.92. The van der Waals surface area contributed by atoms with Crippen LogP contribution >= 0.6 is 0 Å². The van der Waals surface area contributed by atoms with Crippen LogP contribution in [0.1, 0.15) is 29.0 Å². The summed E-state index contributed by atoms with van der Waals surface area (Å²) >= 11 is 0. The first kappa shape index (κ1) is 11.2. The van der Waals surface area contributed by atoms with Crippen LogP contribution in [0.5, 0.6) is 0 Å². The molecule has 4 nitrogen and oxygen atoms in total. The SMILES string of the molecule is Cc1occc1C(=O)N(C)CC1CCCN1. The van der Waals surface area contributed by atoms with E-state index in [0.717, 1.165) is 19.5 Å². The largest absolute Gasteiger partial charge is 0.469 e. The highest BCUT2D eigenvalue weighted by molar-refractivity contribution is 5.94. The van der Waals surface area contributed by atoms with Gasteiger partial charge in [0.1, 0.15) is 5.76 Å². The van der Waals surface area contributed by atoms with Crippen molar-refractivity contribution in [2.75, 3.05) is 20.1 Å². The molecular weight excluding hydrogens is 204 g/mol. The molecule has 0 aliphatic carbocycles. The molecule has 88 valence electrons. The van der Waals surface area contributed by atoms with E-state index >= 15 is 0 Å². The van der Waals surface area contributed by atoms with Crippen molar-refractivity contribution in [1.82, 2.24) is 10.2 Å². The molecule has 1 aliphatic rings. The lowest BCUT2D eigenvalue weighted by Crippen LogP contribution is -2.38. The van der Waals surface area contributed by atoms with Crippen molar-refractivity contribution in [2.45, 2.75) is 25.8 Å². The van der Waals surface area contributed by atoms with Crippen molar-refractivity contribution in [2.24, 2.45) is 0 Å². The summed E-state index contributed by atoms with van der Waals surface area (Å²) in [5.74, 6) is 0.733. The zero-order valence-corrected chi connectivity index (χ0v) is 9.82. The van der Waals surface area contributed by atoms with Gasteiger partial charge < -0.3 is 14.6 Å². The van der Waals surface area contributed by atoms with Crippen molar-refractivity contribution >= 4 is 5.91 Å². The van der Waals surface area contributed by atoms with Gasteiger partial charge in [0.15, 0.2) is 0 Å². The zero-order valence-electron chi connectivity index (χ0n) is 9.82. The minimum Gasteiger partial charge on any atom is -0.469 e. The maximum atomic E-state index is 12.1. The molecule has 0 spiro atoms. The van der Waals surface area contributed by atoms with Crippen LogP contribution in [0.3, 0.4) is 0 Å². The molecule has 0 saturated carbocycles. The Morgan fingerprint density at radius 3 is 3.06 bits per heavy atom. The van der Waals surface area contributed by atoms with E-state index in [9.17, 15) is 4.79 Å². The molecule has 0 bridgehead atoms. The molecule has 1 N–H and O–H groups in total. The van der Waals surface area contributed by atoms with Crippen LogP contribution in [0.4, 0.5) is 0 Å². The summed E-state index contributed by atoms with van der Waals surface area (Å²) in [6, 6.07) is 2.18. The highest BCUT2D eigenvalue weighted by Gasteiger charge is 2.21. The number of carbonyl (C=O) groups excluding carboxylic acids is 1. The Balaban J connectivity index is 1.96. The van der Waals surface area contributed by atoms with Gasteiger partial charge in [0.2, 0.25) is 0 Å². The molecule has 1 atom stereocenters. The molecule has 1 saturated heterocycles. The molecule has 16 heavy (non-hydrogen) atoms. The highest BCUT2D eigenvalue weighted by atomic mass is 16.3. The summed E-state index contributed by atoms with van der Waals surface area (Å²) in [6.45, 7) is 3.65. The van der Waals surface area contributed by atoms with E-state index in [1.165, 1.54) is 6.42 Å². The van der Waals surface area contributed by atoms with Crippen LogP contribution < -0.4 is 5.32 Å². The van der Waals surface area contributed by atoms with E-state index in [2.05, 4.69) is 5.32 Å². The number of amides is 1. The van der Waals surface area contributed by atoms with E-state index in [0.29, 0.717) is 17.4 Å². The van der Waals surface area contributed by atoms with Gasteiger partial charge in [0.05, 0.1) is 11.8 Å². The number of furan rings is 1. The first-order chi connectivity index (χ1) is 7.68. The smallest absolute Gasteiger partial charge is 0.257 e. The van der Waals surface area contributed by atoms with Crippen molar-refractivity contribution in [1.29, 1.82) is 0 Å². The van der Waals surface area contributed by atoms with Crippen LogP contribution in [0.25, 0.3) is 0 Å². The van der Waals surface area contributed by atoms with Gasteiger partial charge in [-0.3, -0.25) is 4.79 Å². The lowest BCUT2D eigenvalue weighted by atomic mass is 10.2. The van der Waals surface area contributed by atoms with E-state index in [1.54, 1.807) is 17.2 Å². The quantitative estimate of drug-likeness (QED) is 0.841. The minimum absolute atomic E-state index is 0.0416. The van der Waals surface area contributed by atoms with Gasteiger partial charge in [-0.25, -0.2) is 0 Å². The first-order valence-corrected chi connectivity index (χ1v) is 5.71. The van der Waals surface area contributed by atoms with Gasteiger partial charge in [-0.2, -0.15) is 0 Å². The fourth-order valence-electron chi connectivity index (χ4n) is 2.14. The summed E-state index contributed by atoms with van der Waals surface area (Å²) in [5, 5.41) is 3.38. The van der Waals surface area contributed by atoms with Crippen molar-refractivity contribution in [3.63, 3.8) is 0 Å². The van der Waals surface area contributed by atoms with E-state index < -0.39 is 0 Å². The minimum atomic E-state index is 0.0416. The zero-order chi connectivity index (χ0) is 11.5. The van der Waals surface area contributed by atoms with Gasteiger partial charge >= 0.3 is 0 Å². The maximum absolute atomic E-state index is 12.1. The van der Waals surface area contributed by atoms with Gasteiger partial charge in [-0.1, -0.05) is 0 Å². The van der Waals surface area contributed by atoms with Gasteiger partial charge in [0.25, 0.3) is 5.91 Å². The lowest BCUT2D eigenvalue weighted by Gasteiger charge is -2.21. The summed E-state index contributed by atoms with van der Waals surface area (Å²) < 4.78 is 5.14. The second kappa shape index (κ2) is 4.70. The summed E-state index contributed by atoms with van der Waals surface area (Å²) in [4.78, 5) is 13.8. The average Bonchev–Trinajstić information content (AvgIpc) is 2.88. The Bertz CT molecular complexity index is 367. The fraction of sp³-hybridized carbons (Fsp3) is 0.583. The third-order valence-electron chi connectivity index (χ3n) is 3.09. The molecule has 1 fully saturated rings. The fourth-order valence-corrected chi connectivity index (χ4v) is 2.14. The number of hydrogen-bond donors (Lipinski definition) is 1. The van der Waals surface area contributed by atoms with E-state index in [4.69, 9.17) is 4.42 Å². The first-order valence-electron chi connectivity index (χ1n) is 5.71. The molecule has 0 radical (unpaired) electrons. The second-order valence-electron chi connectivity index (χ2n) is 4.37. The lowest BCUT2D eigenvalue weighted by molar-refractivity contribution is 0.0782. The number of nitrogens with zero attached hydrogens (tertiary/aromatic N) is 1. The van der Waals surface area contributed by atoms with Crippen molar-refractivity contribution in [3.8, 4) is 0 Å². The third kappa shape index (κ3) is 2.27. The molecule has 1 amide bonds. The topological polar surface area (TPSA) is 45.5 Å². The number of rotatable bonds is 3. The predicted molar refractivity (Wildman–Crippen MR) is 61.4 cm³/mol. The molecule has 2 rings (SSSR count). The summed E-state index contributed by atoms with van der Waals surface area (Å²) in [5.41, 5.74) is 0.667. The number of likely N-dealkylation sites (N-methyl/N-ethyl adjacent to an activating group) is 1. The van der Waals surface area contributed by atoms with Gasteiger partial charge in [-0.05, 0) is 32.4 Å². The number of aryl methyl sites for hydroxylation is 1. The predicted octanol–water partition coefficient (Wildman–Crippen LogP) is 1.41. The Morgan fingerprint density at radius 1 is 1.69 bits per heavy atom. The molecule has 1 unspecified atom stereocenters. The van der Waals surface area contributed by atoms with Crippen molar-refractivity contribution < 1.29 is 9.21 Å². The van der Waals surface area contributed by atoms with Crippen LogP contribution in [0, 0.1) is 6.92 Å². The number of hydrogen-bond acceptors (Lipinski definition) is 3. The Morgan fingerprint density at radius 2 is 2.50 bits per heavy atom. The van der Waals surface area contributed by atoms with Gasteiger partial charge in [-0.15, -0.1) is 0 Å². The molecule has 1 aromatic rings. The Hall–Kier alpha value is -1.29. The standard InChI is InChI=1S/C12H18N2O2/c1-9-11(5-7-16-9)12(15)14(2)8-10-4-3-6-13-10/h5,7,10,13H,3-4,6,8H2,1-2H3. The Kier molecular flexibility index (Phi) is 3.29. The van der Waals surface area contributed by atoms with Crippen LogP contribution in [0.15, 0.2) is 16.7 Å². The molecule has 2 heterocycles. The number of nitrogens with one attached hydrogen (secondary N) is 1. The van der Waals surface area contributed by atoms with Crippen LogP contribution in [-0.4, -0.2) is 37.0 Å². The Labute approximate surface area is 95.6 Å². The third-order valence-corrected chi connectivity index (χ3v) is 3.09. The monoisotopic (exact) mass is 222 g/mol. The summed E-state index contributed by atoms with van der Waals surface area (Å²) in [7, 11) is 1.84. The maximum Gasteiger partial charge on any atom is 0.257 e. The second-order valence-corrected chi connectivity index (χ2v) is 4.37. The van der Waals surface area contributed by atoms with Crippen LogP contribution in [-0.2, 0) is 0 Å². The number of carbonyl (C=O) groups is 1. The average molecular weight is 222 g/mol. The van der Waals surface area contributed by atoms with Crippen molar-refractivity contribution in [3.05, 3.63) is 23.7 Å². The van der Waals surface area contributed by atoms with E-state index in [-0.39, 0.29) is 5.91 Å². The molecule has 1 aromatic heterocycles. The highest BCUT2D eigenvalue weighted by Crippen LogP contribution is 2.13. The molecule has 4 heteroatoms. The van der Waals surface area contributed by atoms with Crippen LogP contribution in [0.2, 0.25) is 0 Å². The molecule has 0 aromatic carbocycles. The molecular formula is C12H18N2O2. The normalized spacial score (nSPS) is 20.0. The molecule has 1 aliphatic heterocycles.